The van der Waals surface area contributed by atoms with Gasteiger partial charge in [-0.25, -0.2) is 9.37 Å². The highest BCUT2D eigenvalue weighted by atomic mass is 32.2. The highest BCUT2D eigenvalue weighted by molar-refractivity contribution is 7.99. The number of aryl methyl sites for hydroxylation is 1. The van der Waals surface area contributed by atoms with Crippen LogP contribution in [0.25, 0.3) is 11.3 Å². The number of halogens is 1. The lowest BCUT2D eigenvalue weighted by molar-refractivity contribution is 0.0922. The van der Waals surface area contributed by atoms with Crippen LogP contribution in [-0.2, 0) is 7.05 Å². The summed E-state index contributed by atoms with van der Waals surface area (Å²) in [5.74, 6) is 0.286. The van der Waals surface area contributed by atoms with Crippen LogP contribution in [0.2, 0.25) is 0 Å². The lowest BCUT2D eigenvalue weighted by Crippen LogP contribution is -2.26. The van der Waals surface area contributed by atoms with Gasteiger partial charge < -0.3 is 14.3 Å². The number of hydrogen-bond acceptors (Lipinski definition) is 6. The van der Waals surface area contributed by atoms with Crippen molar-refractivity contribution in [2.24, 2.45) is 7.05 Å². The van der Waals surface area contributed by atoms with Crippen LogP contribution in [0.3, 0.4) is 0 Å². The Morgan fingerprint density at radius 2 is 2.17 bits per heavy atom. The van der Waals surface area contributed by atoms with Gasteiger partial charge in [0.1, 0.15) is 12.1 Å². The number of hydrogen-bond donors (Lipinski definition) is 1. The van der Waals surface area contributed by atoms with Crippen LogP contribution in [0.15, 0.2) is 46.4 Å². The number of amides is 1. The molecule has 0 saturated carbocycles. The summed E-state index contributed by atoms with van der Waals surface area (Å²) in [6.45, 7) is 0.435. The van der Waals surface area contributed by atoms with E-state index < -0.39 is 5.91 Å². The minimum Gasteiger partial charge on any atom is -0.432 e. The number of oxazole rings is 1. The Hall–Kier alpha value is -2.68. The molecule has 0 saturated heterocycles. The zero-order chi connectivity index (χ0) is 16.9. The van der Waals surface area contributed by atoms with Crippen molar-refractivity contribution in [3.8, 4) is 11.3 Å². The highest BCUT2D eigenvalue weighted by Crippen LogP contribution is 2.20. The Morgan fingerprint density at radius 3 is 2.88 bits per heavy atom. The van der Waals surface area contributed by atoms with Gasteiger partial charge in [0.15, 0.2) is 10.9 Å². The van der Waals surface area contributed by atoms with Gasteiger partial charge in [0.25, 0.3) is 5.89 Å². The van der Waals surface area contributed by atoms with Crippen LogP contribution >= 0.6 is 11.8 Å². The van der Waals surface area contributed by atoms with Gasteiger partial charge in [0, 0.05) is 24.9 Å². The first-order valence-corrected chi connectivity index (χ1v) is 8.09. The van der Waals surface area contributed by atoms with Gasteiger partial charge in [-0.2, -0.15) is 0 Å². The molecule has 0 aliphatic rings. The van der Waals surface area contributed by atoms with Gasteiger partial charge in [-0.05, 0) is 24.3 Å². The first-order chi connectivity index (χ1) is 11.6. The summed E-state index contributed by atoms with van der Waals surface area (Å²) in [5, 5.41) is 11.2. The number of carbonyl (C=O) groups is 1. The van der Waals surface area contributed by atoms with Crippen molar-refractivity contribution in [2.45, 2.75) is 5.16 Å². The van der Waals surface area contributed by atoms with Crippen molar-refractivity contribution in [1.82, 2.24) is 25.1 Å². The van der Waals surface area contributed by atoms with Crippen molar-refractivity contribution in [2.75, 3.05) is 12.3 Å². The van der Waals surface area contributed by atoms with Crippen LogP contribution in [-0.4, -0.2) is 38.0 Å². The fraction of sp³-hybridized carbons (Fsp3) is 0.200. The summed E-state index contributed by atoms with van der Waals surface area (Å²) in [6.07, 6.45) is 3.06. The van der Waals surface area contributed by atoms with Crippen LogP contribution in [0.4, 0.5) is 4.39 Å². The quantitative estimate of drug-likeness (QED) is 0.543. The summed E-state index contributed by atoms with van der Waals surface area (Å²) < 4.78 is 20.1. The third-order valence-electron chi connectivity index (χ3n) is 3.12. The Kier molecular flexibility index (Phi) is 4.90. The average molecular weight is 347 g/mol. The summed E-state index contributed by atoms with van der Waals surface area (Å²) in [7, 11) is 1.85. The van der Waals surface area contributed by atoms with Crippen LogP contribution < -0.4 is 5.32 Å². The molecule has 0 spiro atoms. The van der Waals surface area contributed by atoms with Gasteiger partial charge in [-0.3, -0.25) is 4.79 Å². The molecule has 0 bridgehead atoms. The van der Waals surface area contributed by atoms with Gasteiger partial charge in [0.05, 0.1) is 6.20 Å². The van der Waals surface area contributed by atoms with E-state index >= 15 is 0 Å². The highest BCUT2D eigenvalue weighted by Gasteiger charge is 2.14. The summed E-state index contributed by atoms with van der Waals surface area (Å²) >= 11 is 1.48. The van der Waals surface area contributed by atoms with Crippen LogP contribution in [0, 0.1) is 5.82 Å². The molecule has 0 aliphatic carbocycles. The van der Waals surface area contributed by atoms with Gasteiger partial charge >= 0.3 is 5.91 Å². The molecule has 1 amide bonds. The van der Waals surface area contributed by atoms with E-state index in [2.05, 4.69) is 20.5 Å². The minimum absolute atomic E-state index is 0.0296. The largest absolute Gasteiger partial charge is 0.432 e. The summed E-state index contributed by atoms with van der Waals surface area (Å²) in [6, 6.07) is 5.77. The number of benzene rings is 1. The molecule has 0 radical (unpaired) electrons. The SMILES string of the molecule is Cn1cnnc1SCCNC(=O)c1ncc(-c2ccc(F)cc2)o1. The molecule has 1 aromatic carbocycles. The van der Waals surface area contributed by atoms with E-state index in [0.717, 1.165) is 5.16 Å². The third-order valence-corrected chi connectivity index (χ3v) is 4.15. The van der Waals surface area contributed by atoms with E-state index in [-0.39, 0.29) is 11.7 Å². The second-order valence-electron chi connectivity index (χ2n) is 4.87. The van der Waals surface area contributed by atoms with Crippen molar-refractivity contribution in [3.05, 3.63) is 48.5 Å². The van der Waals surface area contributed by atoms with E-state index in [1.165, 1.54) is 30.1 Å². The Morgan fingerprint density at radius 1 is 1.38 bits per heavy atom. The standard InChI is InChI=1S/C15H14FN5O2S/c1-21-9-19-20-15(21)24-7-6-17-13(22)14-18-8-12(23-14)10-2-4-11(16)5-3-10/h2-5,8-9H,6-7H2,1H3,(H,17,22). The normalized spacial score (nSPS) is 10.8. The van der Waals surface area contributed by atoms with E-state index in [1.54, 1.807) is 23.0 Å². The summed E-state index contributed by atoms with van der Waals surface area (Å²) in [4.78, 5) is 16.0. The maximum Gasteiger partial charge on any atom is 0.307 e. The lowest BCUT2D eigenvalue weighted by Gasteiger charge is -2.02. The topological polar surface area (TPSA) is 85.8 Å². The Bertz CT molecular complexity index is 831. The molecule has 3 rings (SSSR count). The molecule has 124 valence electrons. The fourth-order valence-electron chi connectivity index (χ4n) is 1.91. The molecule has 2 aromatic heterocycles. The van der Waals surface area contributed by atoms with Crippen molar-refractivity contribution in [1.29, 1.82) is 0 Å². The monoisotopic (exact) mass is 347 g/mol. The molecule has 3 aromatic rings. The first-order valence-electron chi connectivity index (χ1n) is 7.10. The molecule has 24 heavy (non-hydrogen) atoms. The van der Waals surface area contributed by atoms with E-state index in [4.69, 9.17) is 4.42 Å². The second kappa shape index (κ2) is 7.26. The second-order valence-corrected chi connectivity index (χ2v) is 5.93. The zero-order valence-corrected chi connectivity index (χ0v) is 13.6. The predicted octanol–water partition coefficient (Wildman–Crippen LogP) is 2.13. The zero-order valence-electron chi connectivity index (χ0n) is 12.8. The Balaban J connectivity index is 1.52. The smallest absolute Gasteiger partial charge is 0.307 e. The molecule has 0 aliphatic heterocycles. The molecule has 1 N–H and O–H groups in total. The maximum absolute atomic E-state index is 12.9. The molecule has 2 heterocycles. The molecule has 9 heteroatoms. The third kappa shape index (κ3) is 3.80. The summed E-state index contributed by atoms with van der Waals surface area (Å²) in [5.41, 5.74) is 0.654. The number of nitrogens with one attached hydrogen (secondary N) is 1. The van der Waals surface area contributed by atoms with Gasteiger partial charge in [-0.15, -0.1) is 10.2 Å². The van der Waals surface area contributed by atoms with Crippen LogP contribution in [0.1, 0.15) is 10.7 Å². The van der Waals surface area contributed by atoms with E-state index in [9.17, 15) is 9.18 Å². The van der Waals surface area contributed by atoms with Gasteiger partial charge in [-0.1, -0.05) is 11.8 Å². The predicted molar refractivity (Wildman–Crippen MR) is 86.0 cm³/mol. The number of aromatic nitrogens is 4. The number of carbonyl (C=O) groups excluding carboxylic acids is 1. The van der Waals surface area contributed by atoms with E-state index in [0.29, 0.717) is 23.6 Å². The van der Waals surface area contributed by atoms with Crippen molar-refractivity contribution >= 4 is 17.7 Å². The minimum atomic E-state index is -0.401. The first kappa shape index (κ1) is 16.2. The Labute approximate surface area is 141 Å². The molecular weight excluding hydrogens is 333 g/mol. The molecule has 0 unspecified atom stereocenters. The molecule has 0 fully saturated rings. The van der Waals surface area contributed by atoms with Crippen molar-refractivity contribution < 1.29 is 13.6 Å². The van der Waals surface area contributed by atoms with Gasteiger partial charge in [0.2, 0.25) is 0 Å². The number of thioether (sulfide) groups is 1. The van der Waals surface area contributed by atoms with Crippen LogP contribution in [0.5, 0.6) is 0 Å². The lowest BCUT2D eigenvalue weighted by atomic mass is 10.2. The number of nitrogens with zero attached hydrogens (tertiary/aromatic N) is 4. The fourth-order valence-corrected chi connectivity index (χ4v) is 2.65. The number of rotatable bonds is 6. The molecular formula is C15H14FN5O2S. The molecule has 0 atom stereocenters. The van der Waals surface area contributed by atoms with E-state index in [1.807, 2.05) is 7.05 Å². The average Bonchev–Trinajstić information content (AvgIpc) is 3.22. The molecule has 7 nitrogen and oxygen atoms in total. The van der Waals surface area contributed by atoms with Crippen molar-refractivity contribution in [3.63, 3.8) is 0 Å². The maximum atomic E-state index is 12.9.